The topological polar surface area (TPSA) is 53.1 Å². The molecule has 1 saturated heterocycles. The highest BCUT2D eigenvalue weighted by Crippen LogP contribution is 2.23. The molecule has 0 bridgehead atoms. The normalized spacial score (nSPS) is 13.5. The Labute approximate surface area is 164 Å². The first-order valence-electron chi connectivity index (χ1n) is 9.70. The van der Waals surface area contributed by atoms with E-state index < -0.39 is 0 Å². The third kappa shape index (κ3) is 4.57. The van der Waals surface area contributed by atoms with E-state index in [1.807, 2.05) is 12.1 Å². The molecule has 2 aromatic carbocycles. The van der Waals surface area contributed by atoms with Crippen molar-refractivity contribution >= 4 is 23.1 Å². The van der Waals surface area contributed by atoms with E-state index in [0.29, 0.717) is 30.3 Å². The van der Waals surface area contributed by atoms with E-state index in [0.717, 1.165) is 18.8 Å². The standard InChI is InChI=1S/C22H24FN5/c23-20-6-2-1-5-17(20)11-13-24-21-12-14-25-22(27-21)26-18-7-9-19(10-8-18)28-15-3-4-16-28/h1-2,5-10,12,14H,3-4,11,13,15-16H2,(H2,24,25,26,27). The summed E-state index contributed by atoms with van der Waals surface area (Å²) < 4.78 is 13.7. The smallest absolute Gasteiger partial charge is 0.229 e. The summed E-state index contributed by atoms with van der Waals surface area (Å²) in [5.74, 6) is 1.07. The van der Waals surface area contributed by atoms with E-state index in [1.165, 1.54) is 24.6 Å². The van der Waals surface area contributed by atoms with E-state index in [1.54, 1.807) is 18.3 Å². The molecule has 2 N–H and O–H groups in total. The molecule has 0 amide bonds. The summed E-state index contributed by atoms with van der Waals surface area (Å²) in [5, 5.41) is 6.47. The van der Waals surface area contributed by atoms with E-state index in [4.69, 9.17) is 0 Å². The SMILES string of the molecule is Fc1ccccc1CCNc1ccnc(Nc2ccc(N3CCCC3)cc2)n1. The van der Waals surface area contributed by atoms with Crippen LogP contribution in [0.5, 0.6) is 0 Å². The third-order valence-corrected chi connectivity index (χ3v) is 4.91. The van der Waals surface area contributed by atoms with Gasteiger partial charge in [-0.2, -0.15) is 4.98 Å². The van der Waals surface area contributed by atoms with Crippen molar-refractivity contribution in [1.29, 1.82) is 0 Å². The molecule has 144 valence electrons. The average molecular weight is 377 g/mol. The van der Waals surface area contributed by atoms with Gasteiger partial charge in [-0.15, -0.1) is 0 Å². The van der Waals surface area contributed by atoms with Gasteiger partial charge in [-0.3, -0.25) is 0 Å². The third-order valence-electron chi connectivity index (χ3n) is 4.91. The molecule has 2 heterocycles. The lowest BCUT2D eigenvalue weighted by Gasteiger charge is -2.17. The lowest BCUT2D eigenvalue weighted by Crippen LogP contribution is -2.17. The Morgan fingerprint density at radius 3 is 2.54 bits per heavy atom. The van der Waals surface area contributed by atoms with Crippen molar-refractivity contribution in [2.24, 2.45) is 0 Å². The monoisotopic (exact) mass is 377 g/mol. The van der Waals surface area contributed by atoms with Crippen molar-refractivity contribution in [3.05, 3.63) is 72.2 Å². The summed E-state index contributed by atoms with van der Waals surface area (Å²) in [4.78, 5) is 11.2. The van der Waals surface area contributed by atoms with Crippen LogP contribution < -0.4 is 15.5 Å². The molecule has 3 aromatic rings. The van der Waals surface area contributed by atoms with Gasteiger partial charge in [-0.05, 0) is 61.2 Å². The van der Waals surface area contributed by atoms with Gasteiger partial charge in [0.05, 0.1) is 0 Å². The molecule has 0 atom stereocenters. The molecule has 0 radical (unpaired) electrons. The number of halogens is 1. The number of hydrogen-bond donors (Lipinski definition) is 2. The first kappa shape index (κ1) is 18.2. The lowest BCUT2D eigenvalue weighted by molar-refractivity contribution is 0.610. The quantitative estimate of drug-likeness (QED) is 0.630. The van der Waals surface area contributed by atoms with Crippen LogP contribution in [0.1, 0.15) is 18.4 Å². The van der Waals surface area contributed by atoms with Gasteiger partial charge in [0.2, 0.25) is 5.95 Å². The zero-order valence-corrected chi connectivity index (χ0v) is 15.7. The van der Waals surface area contributed by atoms with Gasteiger partial charge >= 0.3 is 0 Å². The second-order valence-electron chi connectivity index (χ2n) is 6.90. The van der Waals surface area contributed by atoms with Crippen LogP contribution in [0.15, 0.2) is 60.8 Å². The van der Waals surface area contributed by atoms with E-state index in [-0.39, 0.29) is 5.82 Å². The van der Waals surface area contributed by atoms with Crippen molar-refractivity contribution in [2.45, 2.75) is 19.3 Å². The Hall–Kier alpha value is -3.15. The first-order chi connectivity index (χ1) is 13.8. The molecule has 1 aliphatic rings. The lowest BCUT2D eigenvalue weighted by atomic mass is 10.1. The number of nitrogens with zero attached hydrogens (tertiary/aromatic N) is 3. The predicted molar refractivity (Wildman–Crippen MR) is 112 cm³/mol. The minimum atomic E-state index is -0.174. The second-order valence-corrected chi connectivity index (χ2v) is 6.90. The summed E-state index contributed by atoms with van der Waals surface area (Å²) in [5.41, 5.74) is 2.90. The van der Waals surface area contributed by atoms with Gasteiger partial charge in [0.15, 0.2) is 0 Å². The van der Waals surface area contributed by atoms with Crippen molar-refractivity contribution in [1.82, 2.24) is 9.97 Å². The molecule has 1 aromatic heterocycles. The Kier molecular flexibility index (Phi) is 5.66. The van der Waals surface area contributed by atoms with E-state index in [9.17, 15) is 4.39 Å². The maximum atomic E-state index is 13.7. The highest BCUT2D eigenvalue weighted by atomic mass is 19.1. The Balaban J connectivity index is 1.33. The molecule has 0 saturated carbocycles. The summed E-state index contributed by atoms with van der Waals surface area (Å²) in [7, 11) is 0. The fraction of sp³-hybridized carbons (Fsp3) is 0.273. The molecule has 0 aliphatic carbocycles. The summed E-state index contributed by atoms with van der Waals surface area (Å²) in [6.45, 7) is 2.87. The van der Waals surface area contributed by atoms with Gasteiger partial charge in [0.25, 0.3) is 0 Å². The second kappa shape index (κ2) is 8.69. The van der Waals surface area contributed by atoms with Gasteiger partial charge in [0.1, 0.15) is 11.6 Å². The van der Waals surface area contributed by atoms with Crippen LogP contribution in [0.2, 0.25) is 0 Å². The number of nitrogens with one attached hydrogen (secondary N) is 2. The largest absolute Gasteiger partial charge is 0.372 e. The molecule has 1 fully saturated rings. The number of aromatic nitrogens is 2. The number of anilines is 4. The summed E-state index contributed by atoms with van der Waals surface area (Å²) >= 11 is 0. The van der Waals surface area contributed by atoms with Gasteiger partial charge in [0, 0.05) is 37.2 Å². The maximum Gasteiger partial charge on any atom is 0.229 e. The Bertz CT molecular complexity index is 907. The number of rotatable bonds is 7. The van der Waals surface area contributed by atoms with Crippen LogP contribution in [0.4, 0.5) is 27.5 Å². The zero-order chi connectivity index (χ0) is 19.2. The predicted octanol–water partition coefficient (Wildman–Crippen LogP) is 4.61. The van der Waals surface area contributed by atoms with Gasteiger partial charge < -0.3 is 15.5 Å². The first-order valence-corrected chi connectivity index (χ1v) is 9.70. The van der Waals surface area contributed by atoms with Crippen molar-refractivity contribution in [3.8, 4) is 0 Å². The molecular weight excluding hydrogens is 353 g/mol. The highest BCUT2D eigenvalue weighted by Gasteiger charge is 2.11. The van der Waals surface area contributed by atoms with Crippen molar-refractivity contribution < 1.29 is 4.39 Å². The fourth-order valence-corrected chi connectivity index (χ4v) is 3.40. The van der Waals surface area contributed by atoms with Crippen LogP contribution in [-0.2, 0) is 6.42 Å². The minimum Gasteiger partial charge on any atom is -0.372 e. The van der Waals surface area contributed by atoms with Crippen LogP contribution in [-0.4, -0.2) is 29.6 Å². The number of benzene rings is 2. The summed E-state index contributed by atoms with van der Waals surface area (Å²) in [6, 6.07) is 17.0. The minimum absolute atomic E-state index is 0.174. The number of hydrogen-bond acceptors (Lipinski definition) is 5. The molecule has 0 spiro atoms. The molecule has 1 aliphatic heterocycles. The molecule has 6 heteroatoms. The zero-order valence-electron chi connectivity index (χ0n) is 15.7. The molecule has 28 heavy (non-hydrogen) atoms. The fourth-order valence-electron chi connectivity index (χ4n) is 3.40. The molecule has 5 nitrogen and oxygen atoms in total. The highest BCUT2D eigenvalue weighted by molar-refractivity contribution is 5.60. The maximum absolute atomic E-state index is 13.7. The van der Waals surface area contributed by atoms with Crippen molar-refractivity contribution in [3.63, 3.8) is 0 Å². The van der Waals surface area contributed by atoms with E-state index in [2.05, 4.69) is 49.8 Å². The van der Waals surface area contributed by atoms with Gasteiger partial charge in [-0.25, -0.2) is 9.37 Å². The van der Waals surface area contributed by atoms with Crippen LogP contribution >= 0.6 is 0 Å². The molecular formula is C22H24FN5. The van der Waals surface area contributed by atoms with Crippen LogP contribution in [0.3, 0.4) is 0 Å². The Morgan fingerprint density at radius 2 is 1.75 bits per heavy atom. The van der Waals surface area contributed by atoms with Crippen LogP contribution in [0.25, 0.3) is 0 Å². The van der Waals surface area contributed by atoms with Crippen molar-refractivity contribution in [2.75, 3.05) is 35.2 Å². The average Bonchev–Trinajstić information content (AvgIpc) is 3.25. The Morgan fingerprint density at radius 1 is 0.964 bits per heavy atom. The molecule has 4 rings (SSSR count). The van der Waals surface area contributed by atoms with E-state index >= 15 is 0 Å². The summed E-state index contributed by atoms with van der Waals surface area (Å²) in [6.07, 6.45) is 4.84. The molecule has 0 unspecified atom stereocenters. The van der Waals surface area contributed by atoms with Crippen LogP contribution in [0, 0.1) is 5.82 Å². The van der Waals surface area contributed by atoms with Gasteiger partial charge in [-0.1, -0.05) is 18.2 Å².